The fourth-order valence-electron chi connectivity index (χ4n) is 2.62. The molecule has 0 fully saturated rings. The van der Waals surface area contributed by atoms with E-state index < -0.39 is 0 Å². The van der Waals surface area contributed by atoms with Gasteiger partial charge in [-0.25, -0.2) is 4.98 Å². The number of ketones is 1. The molecule has 9 heteroatoms. The molecule has 3 aromatic rings. The zero-order valence-electron chi connectivity index (χ0n) is 17.1. The summed E-state index contributed by atoms with van der Waals surface area (Å²) in [6.07, 6.45) is 0. The van der Waals surface area contributed by atoms with Crippen molar-refractivity contribution in [2.45, 2.75) is 0 Å². The molecule has 0 spiro atoms. The number of ether oxygens (including phenoxy) is 1. The van der Waals surface area contributed by atoms with E-state index in [2.05, 4.69) is 20.7 Å². The summed E-state index contributed by atoms with van der Waals surface area (Å²) in [7, 11) is 5.51. The van der Waals surface area contributed by atoms with Crippen LogP contribution < -0.4 is 21.3 Å². The molecular formula is C21H25N5O3S. The lowest BCUT2D eigenvalue weighted by atomic mass is 10.1. The van der Waals surface area contributed by atoms with Gasteiger partial charge in [0.05, 0.1) is 12.8 Å². The molecule has 8 nitrogen and oxygen atoms in total. The van der Waals surface area contributed by atoms with Crippen LogP contribution in [0.15, 0.2) is 48.5 Å². The Kier molecular flexibility index (Phi) is 7.23. The molecule has 1 heterocycles. The summed E-state index contributed by atoms with van der Waals surface area (Å²) in [4.78, 5) is 24.5. The highest BCUT2D eigenvalue weighted by atomic mass is 32.1. The minimum absolute atomic E-state index is 0.192. The van der Waals surface area contributed by atoms with Crippen LogP contribution >= 0.6 is 11.3 Å². The molecule has 158 valence electrons. The van der Waals surface area contributed by atoms with Gasteiger partial charge in [0.15, 0.2) is 5.13 Å². The van der Waals surface area contributed by atoms with Crippen molar-refractivity contribution in [2.24, 2.45) is 0 Å². The van der Waals surface area contributed by atoms with Gasteiger partial charge in [0.25, 0.3) is 0 Å². The first-order valence-corrected chi connectivity index (χ1v) is 10.1. The molecule has 0 saturated heterocycles. The monoisotopic (exact) mass is 427 g/mol. The first kappa shape index (κ1) is 21.6. The zero-order chi connectivity index (χ0) is 21.5. The Balaban J connectivity index is 1.67. The van der Waals surface area contributed by atoms with E-state index in [1.54, 1.807) is 24.3 Å². The summed E-state index contributed by atoms with van der Waals surface area (Å²) < 4.78 is 5.69. The van der Waals surface area contributed by atoms with Gasteiger partial charge < -0.3 is 20.7 Å². The Hall–Kier alpha value is -3.14. The van der Waals surface area contributed by atoms with Gasteiger partial charge in [0, 0.05) is 17.8 Å². The number of hydrogen-bond acceptors (Lipinski definition) is 9. The summed E-state index contributed by atoms with van der Waals surface area (Å²) in [6.45, 7) is 1.47. The number of nitrogens with two attached hydrogens (primary N) is 1. The second kappa shape index (κ2) is 10.1. The van der Waals surface area contributed by atoms with E-state index in [1.165, 1.54) is 18.4 Å². The van der Waals surface area contributed by atoms with Gasteiger partial charge in [-0.15, -0.1) is 0 Å². The summed E-state index contributed by atoms with van der Waals surface area (Å²) in [5.74, 6) is 0.796. The smallest absolute Gasteiger partial charge is 0.206 e. The van der Waals surface area contributed by atoms with Crippen molar-refractivity contribution in [3.05, 3.63) is 59.0 Å². The van der Waals surface area contributed by atoms with E-state index in [4.69, 9.17) is 15.3 Å². The molecule has 0 unspecified atom stereocenters. The highest BCUT2D eigenvalue weighted by molar-refractivity contribution is 7.18. The maximum absolute atomic E-state index is 12.9. The predicted molar refractivity (Wildman–Crippen MR) is 121 cm³/mol. The summed E-state index contributed by atoms with van der Waals surface area (Å²) in [5, 5.41) is 3.73. The summed E-state index contributed by atoms with van der Waals surface area (Å²) in [6, 6.07) is 14.6. The van der Waals surface area contributed by atoms with Crippen LogP contribution in [0.3, 0.4) is 0 Å². The van der Waals surface area contributed by atoms with Gasteiger partial charge in [-0.3, -0.25) is 15.1 Å². The fourth-order valence-corrected chi connectivity index (χ4v) is 3.49. The average Bonchev–Trinajstić information content (AvgIpc) is 3.09. The number of likely N-dealkylation sites (N-methyl/N-ethyl adjacent to an activating group) is 1. The van der Waals surface area contributed by atoms with Crippen LogP contribution in [-0.4, -0.2) is 50.0 Å². The Labute approximate surface area is 179 Å². The number of rotatable bonds is 10. The number of nitrogens with zero attached hydrogens (tertiary/aromatic N) is 2. The van der Waals surface area contributed by atoms with Crippen LogP contribution in [0.25, 0.3) is 0 Å². The molecular weight excluding hydrogens is 402 g/mol. The predicted octanol–water partition coefficient (Wildman–Crippen LogP) is 3.61. The van der Waals surface area contributed by atoms with Crippen LogP contribution in [0.4, 0.5) is 22.3 Å². The standard InChI is InChI=1S/C21H25N5O3S/c1-26(2)11-12-29-17-9-7-15(8-10-17)23-21-24-20(22)19(30-21)18(27)14-5-4-6-16(13-14)25-28-3/h4-10,13,25H,11-12,22H2,1-3H3,(H,23,24). The van der Waals surface area contributed by atoms with Crippen LogP contribution in [0.1, 0.15) is 15.2 Å². The third-order valence-corrected chi connectivity index (χ3v) is 5.10. The number of hydrogen-bond donors (Lipinski definition) is 3. The summed E-state index contributed by atoms with van der Waals surface area (Å²) >= 11 is 1.21. The molecule has 0 saturated carbocycles. The van der Waals surface area contributed by atoms with Crippen molar-refractivity contribution in [3.63, 3.8) is 0 Å². The zero-order valence-corrected chi connectivity index (χ0v) is 18.0. The molecule has 3 rings (SSSR count). The number of nitrogen functional groups attached to an aromatic ring is 1. The van der Waals surface area contributed by atoms with Gasteiger partial charge in [-0.1, -0.05) is 23.5 Å². The normalized spacial score (nSPS) is 10.8. The Morgan fingerprint density at radius 2 is 1.93 bits per heavy atom. The minimum atomic E-state index is -0.192. The largest absolute Gasteiger partial charge is 0.492 e. The maximum atomic E-state index is 12.9. The van der Waals surface area contributed by atoms with Crippen LogP contribution in [0, 0.1) is 0 Å². The van der Waals surface area contributed by atoms with Crippen molar-refractivity contribution in [1.82, 2.24) is 9.88 Å². The quantitative estimate of drug-likeness (QED) is 0.333. The lowest BCUT2D eigenvalue weighted by Gasteiger charge is -2.11. The SMILES string of the molecule is CONc1cccc(C(=O)c2sc(Nc3ccc(OCCN(C)C)cc3)nc2N)c1. The molecule has 30 heavy (non-hydrogen) atoms. The Bertz CT molecular complexity index is 989. The molecule has 0 amide bonds. The third kappa shape index (κ3) is 5.69. The third-order valence-electron chi connectivity index (χ3n) is 4.12. The first-order chi connectivity index (χ1) is 14.5. The lowest BCUT2D eigenvalue weighted by molar-refractivity contribution is 0.104. The maximum Gasteiger partial charge on any atom is 0.206 e. The second-order valence-electron chi connectivity index (χ2n) is 6.75. The van der Waals surface area contributed by atoms with Gasteiger partial charge >= 0.3 is 0 Å². The summed E-state index contributed by atoms with van der Waals surface area (Å²) in [5.41, 5.74) is 10.7. The molecule has 0 aliphatic heterocycles. The number of carbonyl (C=O) groups is 1. The Morgan fingerprint density at radius 3 is 2.63 bits per heavy atom. The Morgan fingerprint density at radius 1 is 1.17 bits per heavy atom. The highest BCUT2D eigenvalue weighted by Crippen LogP contribution is 2.30. The van der Waals surface area contributed by atoms with Crippen LogP contribution in [-0.2, 0) is 4.84 Å². The number of anilines is 4. The molecule has 2 aromatic carbocycles. The van der Waals surface area contributed by atoms with E-state index in [1.807, 2.05) is 38.4 Å². The molecule has 0 aliphatic rings. The van der Waals surface area contributed by atoms with Crippen LogP contribution in [0.2, 0.25) is 0 Å². The number of aromatic nitrogens is 1. The van der Waals surface area contributed by atoms with E-state index in [9.17, 15) is 4.79 Å². The highest BCUT2D eigenvalue weighted by Gasteiger charge is 2.18. The number of nitrogens with one attached hydrogen (secondary N) is 2. The molecule has 1 aromatic heterocycles. The van der Waals surface area contributed by atoms with E-state index in [0.717, 1.165) is 18.0 Å². The van der Waals surface area contributed by atoms with Gasteiger partial charge in [0.2, 0.25) is 5.78 Å². The van der Waals surface area contributed by atoms with Crippen molar-refractivity contribution < 1.29 is 14.4 Å². The molecule has 0 bridgehead atoms. The van der Waals surface area contributed by atoms with Gasteiger partial charge in [-0.05, 0) is 50.5 Å². The van der Waals surface area contributed by atoms with E-state index >= 15 is 0 Å². The second-order valence-corrected chi connectivity index (χ2v) is 7.75. The van der Waals surface area contributed by atoms with E-state index in [0.29, 0.717) is 27.9 Å². The average molecular weight is 428 g/mol. The molecule has 4 N–H and O–H groups in total. The number of thiazole rings is 1. The topological polar surface area (TPSA) is 102 Å². The first-order valence-electron chi connectivity index (χ1n) is 9.31. The van der Waals surface area contributed by atoms with Crippen molar-refractivity contribution in [2.75, 3.05) is 50.9 Å². The van der Waals surface area contributed by atoms with E-state index in [-0.39, 0.29) is 11.6 Å². The van der Waals surface area contributed by atoms with Crippen molar-refractivity contribution in [3.8, 4) is 5.75 Å². The van der Waals surface area contributed by atoms with Gasteiger partial charge in [-0.2, -0.15) is 0 Å². The number of carbonyl (C=O) groups excluding carboxylic acids is 1. The molecule has 0 aliphatic carbocycles. The molecule has 0 atom stereocenters. The molecule has 0 radical (unpaired) electrons. The van der Waals surface area contributed by atoms with Gasteiger partial charge in [0.1, 0.15) is 23.1 Å². The van der Waals surface area contributed by atoms with Crippen molar-refractivity contribution in [1.29, 1.82) is 0 Å². The number of benzene rings is 2. The van der Waals surface area contributed by atoms with Crippen molar-refractivity contribution >= 4 is 39.4 Å². The fraction of sp³-hybridized carbons (Fsp3) is 0.238. The lowest BCUT2D eigenvalue weighted by Crippen LogP contribution is -2.19. The minimum Gasteiger partial charge on any atom is -0.492 e. The van der Waals surface area contributed by atoms with Crippen LogP contribution in [0.5, 0.6) is 5.75 Å².